The Hall–Kier alpha value is -0.120. The third kappa shape index (κ3) is 12.3. The molecule has 0 aromatic heterocycles. The van der Waals surface area contributed by atoms with Crippen LogP contribution in [-0.2, 0) is 4.74 Å². The Balaban J connectivity index is 0.00000625. The van der Waals surface area contributed by atoms with E-state index in [4.69, 9.17) is 4.74 Å². The Morgan fingerprint density at radius 3 is 2.62 bits per heavy atom. The molecular weight excluding hydrogens is 441 g/mol. The molecule has 2 N–H and O–H groups in total. The number of aliphatic imine (C=N–C) groups is 1. The number of ether oxygens (including phenoxy) is 1. The lowest BCUT2D eigenvalue weighted by Gasteiger charge is -2.33. The van der Waals surface area contributed by atoms with Gasteiger partial charge in [0.2, 0.25) is 0 Å². The fourth-order valence-electron chi connectivity index (χ4n) is 3.31. The average Bonchev–Trinajstić information content (AvgIpc) is 2.61. The molecule has 1 atom stereocenters. The molecule has 156 valence electrons. The SMILES string of the molecule is CN=C(NCCCCN1CCCCC1C)NCCN(C)CCCOC.I. The van der Waals surface area contributed by atoms with Crippen LogP contribution in [-0.4, -0.2) is 88.9 Å². The summed E-state index contributed by atoms with van der Waals surface area (Å²) in [5.74, 6) is 0.914. The fraction of sp³-hybridized carbons (Fsp3) is 0.947. The van der Waals surface area contributed by atoms with Gasteiger partial charge >= 0.3 is 0 Å². The number of likely N-dealkylation sites (N-methyl/N-ethyl adjacent to an activating group) is 1. The van der Waals surface area contributed by atoms with Crippen molar-refractivity contribution >= 4 is 29.9 Å². The standard InChI is InChI=1S/C19H41N5O.HI/c1-18-10-5-7-14-24(18)15-8-6-11-21-19(20-2)22-12-16-23(3)13-9-17-25-4;/h18H,5-17H2,1-4H3,(H2,20,21,22);1H. The zero-order chi connectivity index (χ0) is 18.3. The first-order valence-electron chi connectivity index (χ1n) is 10.0. The summed E-state index contributed by atoms with van der Waals surface area (Å²) in [7, 11) is 5.74. The van der Waals surface area contributed by atoms with Gasteiger partial charge in [0.25, 0.3) is 0 Å². The van der Waals surface area contributed by atoms with Crippen molar-refractivity contribution in [1.82, 2.24) is 20.4 Å². The number of rotatable bonds is 12. The van der Waals surface area contributed by atoms with Gasteiger partial charge in [-0.3, -0.25) is 4.99 Å². The Morgan fingerprint density at radius 1 is 1.15 bits per heavy atom. The maximum atomic E-state index is 5.09. The largest absolute Gasteiger partial charge is 0.385 e. The van der Waals surface area contributed by atoms with Crippen LogP contribution in [0.3, 0.4) is 0 Å². The second kappa shape index (κ2) is 17.0. The average molecular weight is 483 g/mol. The van der Waals surface area contributed by atoms with Crippen molar-refractivity contribution in [2.45, 2.75) is 51.5 Å². The zero-order valence-corrected chi connectivity index (χ0v) is 19.8. The maximum Gasteiger partial charge on any atom is 0.191 e. The minimum Gasteiger partial charge on any atom is -0.385 e. The highest BCUT2D eigenvalue weighted by molar-refractivity contribution is 14.0. The van der Waals surface area contributed by atoms with Gasteiger partial charge in [-0.25, -0.2) is 0 Å². The summed E-state index contributed by atoms with van der Waals surface area (Å²) in [5.41, 5.74) is 0. The van der Waals surface area contributed by atoms with Crippen LogP contribution < -0.4 is 10.6 Å². The molecule has 0 aliphatic carbocycles. The van der Waals surface area contributed by atoms with Crippen LogP contribution in [0.5, 0.6) is 0 Å². The first-order valence-corrected chi connectivity index (χ1v) is 10.0. The number of halogens is 1. The zero-order valence-electron chi connectivity index (χ0n) is 17.4. The highest BCUT2D eigenvalue weighted by Gasteiger charge is 2.16. The van der Waals surface area contributed by atoms with Gasteiger partial charge in [0.05, 0.1) is 0 Å². The molecule has 1 aliphatic heterocycles. The van der Waals surface area contributed by atoms with Crippen molar-refractivity contribution < 1.29 is 4.74 Å². The first kappa shape index (κ1) is 25.9. The summed E-state index contributed by atoms with van der Waals surface area (Å²) >= 11 is 0. The number of nitrogens with zero attached hydrogens (tertiary/aromatic N) is 3. The van der Waals surface area contributed by atoms with Gasteiger partial charge in [0.15, 0.2) is 5.96 Å². The number of guanidine groups is 1. The third-order valence-electron chi connectivity index (χ3n) is 5.00. The van der Waals surface area contributed by atoms with E-state index in [0.717, 1.165) is 51.2 Å². The summed E-state index contributed by atoms with van der Waals surface area (Å²) in [6.07, 6.45) is 7.68. The van der Waals surface area contributed by atoms with Gasteiger partial charge in [-0.05, 0) is 59.2 Å². The van der Waals surface area contributed by atoms with Gasteiger partial charge in [0, 0.05) is 53.0 Å². The van der Waals surface area contributed by atoms with Gasteiger partial charge < -0.3 is 25.2 Å². The summed E-state index contributed by atoms with van der Waals surface area (Å²) in [6, 6.07) is 0.775. The van der Waals surface area contributed by atoms with Gasteiger partial charge in [-0.2, -0.15) is 0 Å². The van der Waals surface area contributed by atoms with Gasteiger partial charge in [0.1, 0.15) is 0 Å². The van der Waals surface area contributed by atoms with E-state index in [9.17, 15) is 0 Å². The van der Waals surface area contributed by atoms with Crippen LogP contribution in [0.15, 0.2) is 4.99 Å². The Labute approximate surface area is 178 Å². The molecule has 1 heterocycles. The van der Waals surface area contributed by atoms with Crippen LogP contribution >= 0.6 is 24.0 Å². The number of unbranched alkanes of at least 4 members (excludes halogenated alkanes) is 1. The molecule has 0 saturated carbocycles. The second-order valence-corrected chi connectivity index (χ2v) is 7.16. The van der Waals surface area contributed by atoms with Crippen molar-refractivity contribution in [2.75, 3.05) is 67.1 Å². The number of methoxy groups -OCH3 is 1. The van der Waals surface area contributed by atoms with E-state index >= 15 is 0 Å². The molecule has 0 spiro atoms. The van der Waals surface area contributed by atoms with E-state index in [1.165, 1.54) is 45.2 Å². The van der Waals surface area contributed by atoms with Crippen molar-refractivity contribution in [3.05, 3.63) is 0 Å². The smallest absolute Gasteiger partial charge is 0.191 e. The molecule has 1 aliphatic rings. The fourth-order valence-corrected chi connectivity index (χ4v) is 3.31. The second-order valence-electron chi connectivity index (χ2n) is 7.16. The summed E-state index contributed by atoms with van der Waals surface area (Å²) in [4.78, 5) is 9.27. The van der Waals surface area contributed by atoms with E-state index in [1.54, 1.807) is 7.11 Å². The molecular formula is C19H42IN5O. The lowest BCUT2D eigenvalue weighted by atomic mass is 10.0. The third-order valence-corrected chi connectivity index (χ3v) is 5.00. The number of nitrogens with one attached hydrogen (secondary N) is 2. The maximum absolute atomic E-state index is 5.09. The van der Waals surface area contributed by atoms with E-state index in [2.05, 4.69) is 39.4 Å². The van der Waals surface area contributed by atoms with Crippen LogP contribution in [0, 0.1) is 0 Å². The molecule has 6 nitrogen and oxygen atoms in total. The summed E-state index contributed by atoms with van der Waals surface area (Å²) < 4.78 is 5.09. The van der Waals surface area contributed by atoms with Gasteiger partial charge in [-0.15, -0.1) is 24.0 Å². The van der Waals surface area contributed by atoms with Crippen molar-refractivity contribution in [3.8, 4) is 0 Å². The molecule has 0 radical (unpaired) electrons. The van der Waals surface area contributed by atoms with Crippen molar-refractivity contribution in [1.29, 1.82) is 0 Å². The van der Waals surface area contributed by atoms with Crippen LogP contribution in [0.1, 0.15) is 45.4 Å². The van der Waals surface area contributed by atoms with E-state index in [1.807, 2.05) is 7.05 Å². The quantitative estimate of drug-likeness (QED) is 0.193. The monoisotopic (exact) mass is 483 g/mol. The summed E-state index contributed by atoms with van der Waals surface area (Å²) in [5, 5.41) is 6.82. The number of hydrogen-bond acceptors (Lipinski definition) is 4. The Bertz CT molecular complexity index is 357. The predicted octanol–water partition coefficient (Wildman–Crippen LogP) is 2.39. The highest BCUT2D eigenvalue weighted by Crippen LogP contribution is 2.16. The van der Waals surface area contributed by atoms with Gasteiger partial charge in [-0.1, -0.05) is 6.42 Å². The number of likely N-dealkylation sites (tertiary alicyclic amines) is 1. The molecule has 0 aromatic rings. The van der Waals surface area contributed by atoms with Crippen molar-refractivity contribution in [3.63, 3.8) is 0 Å². The molecule has 1 rings (SSSR count). The summed E-state index contributed by atoms with van der Waals surface area (Å²) in [6.45, 7) is 9.71. The molecule has 1 fully saturated rings. The molecule has 0 aromatic carbocycles. The minimum atomic E-state index is 0. The lowest BCUT2D eigenvalue weighted by molar-refractivity contribution is 0.158. The van der Waals surface area contributed by atoms with E-state index in [0.29, 0.717) is 0 Å². The van der Waals surface area contributed by atoms with Crippen LogP contribution in [0.25, 0.3) is 0 Å². The molecule has 1 saturated heterocycles. The minimum absolute atomic E-state index is 0. The molecule has 26 heavy (non-hydrogen) atoms. The van der Waals surface area contributed by atoms with E-state index in [-0.39, 0.29) is 24.0 Å². The molecule has 0 bridgehead atoms. The Morgan fingerprint density at radius 2 is 1.92 bits per heavy atom. The highest BCUT2D eigenvalue weighted by atomic mass is 127. The molecule has 0 amide bonds. The normalized spacial score (nSPS) is 18.7. The van der Waals surface area contributed by atoms with Crippen molar-refractivity contribution in [2.24, 2.45) is 4.99 Å². The topological polar surface area (TPSA) is 52.1 Å². The molecule has 1 unspecified atom stereocenters. The number of hydrogen-bond donors (Lipinski definition) is 2. The molecule has 7 heteroatoms. The predicted molar refractivity (Wildman–Crippen MR) is 123 cm³/mol. The first-order chi connectivity index (χ1) is 12.2. The number of piperidine rings is 1. The van der Waals surface area contributed by atoms with Crippen LogP contribution in [0.4, 0.5) is 0 Å². The lowest BCUT2D eigenvalue weighted by Crippen LogP contribution is -2.41. The van der Waals surface area contributed by atoms with E-state index < -0.39 is 0 Å². The van der Waals surface area contributed by atoms with Crippen LogP contribution in [0.2, 0.25) is 0 Å². The Kier molecular flexibility index (Phi) is 16.9.